The lowest BCUT2D eigenvalue weighted by Gasteiger charge is -2.20. The molecule has 0 fully saturated rings. The zero-order valence-electron chi connectivity index (χ0n) is 18.5. The third-order valence-corrected chi connectivity index (χ3v) is 6.12. The van der Waals surface area contributed by atoms with Crippen molar-refractivity contribution in [1.82, 2.24) is 20.1 Å². The maximum atomic E-state index is 13.0. The molecule has 0 aliphatic heterocycles. The van der Waals surface area contributed by atoms with Crippen molar-refractivity contribution in [3.8, 4) is 0 Å². The predicted molar refractivity (Wildman–Crippen MR) is 128 cm³/mol. The van der Waals surface area contributed by atoms with Gasteiger partial charge < -0.3 is 15.2 Å². The van der Waals surface area contributed by atoms with E-state index in [2.05, 4.69) is 34.7 Å². The maximum absolute atomic E-state index is 13.0. The number of hydrogen-bond donors (Lipinski definition) is 2. The van der Waals surface area contributed by atoms with Gasteiger partial charge in [-0.05, 0) is 48.7 Å². The van der Waals surface area contributed by atoms with Gasteiger partial charge >= 0.3 is 0 Å². The smallest absolute Gasteiger partial charge is 0.253 e. The first-order valence-electron chi connectivity index (χ1n) is 10.4. The van der Waals surface area contributed by atoms with Gasteiger partial charge in [0.05, 0.1) is 22.4 Å². The SMILES string of the molecule is CC(C)C[C@@H](NC(=O)c1ccccc1Cl)c1nnc(SCC(=O)Nc2ccc(F)cc2)n1C. The van der Waals surface area contributed by atoms with Crippen LogP contribution in [-0.2, 0) is 11.8 Å². The Balaban J connectivity index is 1.68. The van der Waals surface area contributed by atoms with Gasteiger partial charge in [0, 0.05) is 12.7 Å². The summed E-state index contributed by atoms with van der Waals surface area (Å²) in [5.74, 6) is 0.0708. The van der Waals surface area contributed by atoms with E-state index in [1.165, 1.54) is 36.0 Å². The lowest BCUT2D eigenvalue weighted by atomic mass is 10.0. The first-order valence-corrected chi connectivity index (χ1v) is 11.7. The van der Waals surface area contributed by atoms with Crippen LogP contribution in [0.4, 0.5) is 10.1 Å². The molecule has 0 aliphatic carbocycles. The minimum atomic E-state index is -0.381. The van der Waals surface area contributed by atoms with Crippen LogP contribution in [0.1, 0.15) is 42.5 Å². The van der Waals surface area contributed by atoms with Crippen molar-refractivity contribution in [3.05, 3.63) is 70.8 Å². The zero-order valence-corrected chi connectivity index (χ0v) is 20.1. The summed E-state index contributed by atoms with van der Waals surface area (Å²) in [7, 11) is 1.80. The molecule has 0 unspecified atom stereocenters. The number of rotatable bonds is 9. The standard InChI is InChI=1S/C23H25ClFN5O2S/c1-14(2)12-19(27-22(32)17-6-4-5-7-18(17)24)21-28-29-23(30(21)3)33-13-20(31)26-16-10-8-15(25)9-11-16/h4-11,14,19H,12-13H2,1-3H3,(H,26,31)(H,27,32)/t19-/m1/s1. The first kappa shape index (κ1) is 24.7. The molecule has 2 amide bonds. The van der Waals surface area contributed by atoms with Crippen LogP contribution in [0, 0.1) is 11.7 Å². The fourth-order valence-electron chi connectivity index (χ4n) is 3.20. The van der Waals surface area contributed by atoms with Crippen LogP contribution >= 0.6 is 23.4 Å². The molecule has 0 saturated carbocycles. The molecule has 10 heteroatoms. The van der Waals surface area contributed by atoms with E-state index in [0.29, 0.717) is 33.7 Å². The molecule has 0 bridgehead atoms. The van der Waals surface area contributed by atoms with Gasteiger partial charge in [-0.2, -0.15) is 0 Å². The third-order valence-electron chi connectivity index (χ3n) is 4.77. The number of carbonyl (C=O) groups excluding carboxylic acids is 2. The van der Waals surface area contributed by atoms with Crippen LogP contribution in [0.2, 0.25) is 5.02 Å². The molecule has 174 valence electrons. The van der Waals surface area contributed by atoms with E-state index in [9.17, 15) is 14.0 Å². The maximum Gasteiger partial charge on any atom is 0.253 e. The molecule has 33 heavy (non-hydrogen) atoms. The highest BCUT2D eigenvalue weighted by atomic mass is 35.5. The summed E-state index contributed by atoms with van der Waals surface area (Å²) in [5.41, 5.74) is 0.905. The number of thioether (sulfide) groups is 1. The van der Waals surface area contributed by atoms with Gasteiger partial charge in [-0.25, -0.2) is 4.39 Å². The van der Waals surface area contributed by atoms with Gasteiger partial charge in [0.15, 0.2) is 11.0 Å². The van der Waals surface area contributed by atoms with E-state index < -0.39 is 0 Å². The summed E-state index contributed by atoms with van der Waals surface area (Å²) in [6.45, 7) is 4.11. The van der Waals surface area contributed by atoms with Gasteiger partial charge in [-0.3, -0.25) is 9.59 Å². The molecule has 0 aliphatic rings. The minimum Gasteiger partial charge on any atom is -0.342 e. The van der Waals surface area contributed by atoms with E-state index in [4.69, 9.17) is 11.6 Å². The average Bonchev–Trinajstić information content (AvgIpc) is 3.13. The second-order valence-electron chi connectivity index (χ2n) is 7.88. The molecule has 1 atom stereocenters. The Morgan fingerprint density at radius 3 is 2.48 bits per heavy atom. The van der Waals surface area contributed by atoms with Gasteiger partial charge in [0.2, 0.25) is 5.91 Å². The van der Waals surface area contributed by atoms with Crippen LogP contribution in [0.25, 0.3) is 0 Å². The topological polar surface area (TPSA) is 88.9 Å². The molecule has 1 heterocycles. The number of hydrogen-bond acceptors (Lipinski definition) is 5. The Bertz CT molecular complexity index is 1120. The van der Waals surface area contributed by atoms with Crippen molar-refractivity contribution in [2.24, 2.45) is 13.0 Å². The number of carbonyl (C=O) groups is 2. The predicted octanol–water partition coefficient (Wildman–Crippen LogP) is 4.86. The fourth-order valence-corrected chi connectivity index (χ4v) is 4.14. The van der Waals surface area contributed by atoms with Crippen molar-refractivity contribution in [1.29, 1.82) is 0 Å². The van der Waals surface area contributed by atoms with Crippen LogP contribution < -0.4 is 10.6 Å². The quantitative estimate of drug-likeness (QED) is 0.419. The molecule has 3 rings (SSSR count). The summed E-state index contributed by atoms with van der Waals surface area (Å²) in [6.07, 6.45) is 0.651. The van der Waals surface area contributed by atoms with Crippen molar-refractivity contribution >= 4 is 40.9 Å². The summed E-state index contributed by atoms with van der Waals surface area (Å²) in [5, 5.41) is 15.1. The zero-order chi connectivity index (χ0) is 24.0. The number of benzene rings is 2. The Hall–Kier alpha value is -2.91. The van der Waals surface area contributed by atoms with E-state index in [1.54, 1.807) is 35.9 Å². The number of amides is 2. The molecular weight excluding hydrogens is 465 g/mol. The average molecular weight is 490 g/mol. The van der Waals surface area contributed by atoms with E-state index in [1.807, 2.05) is 0 Å². The molecule has 0 saturated heterocycles. The van der Waals surface area contributed by atoms with Gasteiger partial charge in [-0.1, -0.05) is 49.3 Å². The molecule has 2 N–H and O–H groups in total. The summed E-state index contributed by atoms with van der Waals surface area (Å²) in [6, 6.07) is 12.0. The van der Waals surface area contributed by atoms with Crippen molar-refractivity contribution < 1.29 is 14.0 Å². The lowest BCUT2D eigenvalue weighted by Crippen LogP contribution is -2.31. The van der Waals surface area contributed by atoms with Crippen LogP contribution in [-0.4, -0.2) is 32.3 Å². The molecule has 0 spiro atoms. The molecule has 7 nitrogen and oxygen atoms in total. The summed E-state index contributed by atoms with van der Waals surface area (Å²) >= 11 is 7.39. The number of halogens is 2. The highest BCUT2D eigenvalue weighted by Crippen LogP contribution is 2.25. The number of nitrogens with zero attached hydrogens (tertiary/aromatic N) is 3. The summed E-state index contributed by atoms with van der Waals surface area (Å²) in [4.78, 5) is 25.1. The molecule has 0 radical (unpaired) electrons. The Labute approximate surface area is 201 Å². The van der Waals surface area contributed by atoms with E-state index in [-0.39, 0.29) is 35.3 Å². The molecular formula is C23H25ClFN5O2S. The minimum absolute atomic E-state index is 0.101. The third kappa shape index (κ3) is 6.79. The lowest BCUT2D eigenvalue weighted by molar-refractivity contribution is -0.113. The van der Waals surface area contributed by atoms with Crippen molar-refractivity contribution in [2.45, 2.75) is 31.5 Å². The van der Waals surface area contributed by atoms with Gasteiger partial charge in [-0.15, -0.1) is 10.2 Å². The van der Waals surface area contributed by atoms with Gasteiger partial charge in [0.1, 0.15) is 5.82 Å². The van der Waals surface area contributed by atoms with E-state index in [0.717, 1.165) is 0 Å². The van der Waals surface area contributed by atoms with Crippen LogP contribution in [0.5, 0.6) is 0 Å². The molecule has 2 aromatic carbocycles. The Morgan fingerprint density at radius 1 is 1.12 bits per heavy atom. The van der Waals surface area contributed by atoms with Gasteiger partial charge in [0.25, 0.3) is 5.91 Å². The monoisotopic (exact) mass is 489 g/mol. The largest absolute Gasteiger partial charge is 0.342 e. The second-order valence-corrected chi connectivity index (χ2v) is 9.23. The number of anilines is 1. The second kappa shape index (κ2) is 11.3. The van der Waals surface area contributed by atoms with Crippen LogP contribution in [0.3, 0.4) is 0 Å². The fraction of sp³-hybridized carbons (Fsp3) is 0.304. The highest BCUT2D eigenvalue weighted by molar-refractivity contribution is 7.99. The normalized spacial score (nSPS) is 11.9. The highest BCUT2D eigenvalue weighted by Gasteiger charge is 2.24. The van der Waals surface area contributed by atoms with E-state index >= 15 is 0 Å². The number of nitrogens with one attached hydrogen (secondary N) is 2. The Morgan fingerprint density at radius 2 is 1.82 bits per heavy atom. The van der Waals surface area contributed by atoms with Crippen molar-refractivity contribution in [3.63, 3.8) is 0 Å². The number of aromatic nitrogens is 3. The van der Waals surface area contributed by atoms with Crippen molar-refractivity contribution in [2.75, 3.05) is 11.1 Å². The first-order chi connectivity index (χ1) is 15.7. The van der Waals surface area contributed by atoms with Crippen LogP contribution in [0.15, 0.2) is 53.7 Å². The summed E-state index contributed by atoms with van der Waals surface area (Å²) < 4.78 is 14.8. The molecule has 1 aromatic heterocycles. The Kier molecular flexibility index (Phi) is 8.46. The molecule has 3 aromatic rings.